The van der Waals surface area contributed by atoms with Gasteiger partial charge >= 0.3 is 0 Å². The lowest BCUT2D eigenvalue weighted by Crippen LogP contribution is -2.20. The molecule has 2 N–H and O–H groups in total. The Kier molecular flexibility index (Phi) is 4.99. The Hall–Kier alpha value is -1.53. The monoisotopic (exact) mass is 232 g/mol. The van der Waals surface area contributed by atoms with Crippen LogP contribution in [0, 0.1) is 18.3 Å². The summed E-state index contributed by atoms with van der Waals surface area (Å²) in [5, 5.41) is 8.59. The van der Waals surface area contributed by atoms with Crippen LogP contribution in [0.25, 0.3) is 0 Å². The van der Waals surface area contributed by atoms with E-state index < -0.39 is 6.04 Å². The molecule has 3 heteroatoms. The van der Waals surface area contributed by atoms with E-state index in [2.05, 4.69) is 26.0 Å². The fraction of sp³-hybridized carbons (Fsp3) is 0.500. The molecule has 0 saturated heterocycles. The summed E-state index contributed by atoms with van der Waals surface area (Å²) < 4.78 is 5.72. The van der Waals surface area contributed by atoms with Crippen molar-refractivity contribution in [2.24, 2.45) is 5.73 Å². The van der Waals surface area contributed by atoms with Crippen molar-refractivity contribution in [1.82, 2.24) is 0 Å². The van der Waals surface area contributed by atoms with Crippen molar-refractivity contribution in [2.45, 2.75) is 39.2 Å². The molecule has 0 fully saturated rings. The van der Waals surface area contributed by atoms with Crippen LogP contribution >= 0.6 is 0 Å². The van der Waals surface area contributed by atoms with E-state index in [9.17, 15) is 0 Å². The molecule has 0 amide bonds. The molecular weight excluding hydrogens is 212 g/mol. The summed E-state index contributed by atoms with van der Waals surface area (Å²) in [7, 11) is 0. The number of benzene rings is 1. The molecular formula is C14H20N2O. The van der Waals surface area contributed by atoms with Crippen LogP contribution < -0.4 is 10.5 Å². The maximum atomic E-state index is 8.59. The number of hydrogen-bond donors (Lipinski definition) is 1. The lowest BCUT2D eigenvalue weighted by molar-refractivity contribution is 0.302. The van der Waals surface area contributed by atoms with Gasteiger partial charge < -0.3 is 10.5 Å². The van der Waals surface area contributed by atoms with Gasteiger partial charge in [0.05, 0.1) is 18.7 Å². The van der Waals surface area contributed by atoms with Crippen LogP contribution in [-0.4, -0.2) is 12.6 Å². The Morgan fingerprint density at radius 3 is 2.71 bits per heavy atom. The molecule has 1 unspecified atom stereocenters. The van der Waals surface area contributed by atoms with Crippen LogP contribution in [-0.2, 0) is 0 Å². The number of nitrogens with zero attached hydrogens (tertiary/aromatic N) is 1. The first-order chi connectivity index (χ1) is 8.04. The van der Waals surface area contributed by atoms with Crippen LogP contribution in [0.1, 0.15) is 37.3 Å². The molecule has 1 rings (SSSR count). The van der Waals surface area contributed by atoms with Gasteiger partial charge in [-0.3, -0.25) is 0 Å². The van der Waals surface area contributed by atoms with E-state index in [4.69, 9.17) is 15.7 Å². The number of nitrogens with two attached hydrogens (primary N) is 1. The van der Waals surface area contributed by atoms with Crippen molar-refractivity contribution in [3.05, 3.63) is 29.3 Å². The molecule has 1 aromatic rings. The van der Waals surface area contributed by atoms with E-state index in [-0.39, 0.29) is 0 Å². The quantitative estimate of drug-likeness (QED) is 0.849. The molecule has 0 spiro atoms. The summed E-state index contributed by atoms with van der Waals surface area (Å²) in [6.07, 6.45) is 0.558. The molecule has 1 aromatic carbocycles. The predicted molar refractivity (Wildman–Crippen MR) is 69.0 cm³/mol. The minimum absolute atomic E-state index is 0.426. The summed E-state index contributed by atoms with van der Waals surface area (Å²) in [6.45, 7) is 6.80. The number of ether oxygens (including phenoxy) is 1. The SMILES string of the molecule is Cc1ccc(C(C)C)c(OCCC(N)C#N)c1. The van der Waals surface area contributed by atoms with Gasteiger partial charge in [-0.05, 0) is 30.0 Å². The molecule has 0 radical (unpaired) electrons. The standard InChI is InChI=1S/C14H20N2O/c1-10(2)13-5-4-11(3)8-14(13)17-7-6-12(16)9-15/h4-5,8,10,12H,6-7,16H2,1-3H3. The van der Waals surface area contributed by atoms with Gasteiger partial charge in [-0.15, -0.1) is 0 Å². The van der Waals surface area contributed by atoms with E-state index in [1.807, 2.05) is 19.1 Å². The second-order valence-corrected chi connectivity index (χ2v) is 4.57. The number of rotatable bonds is 5. The number of hydrogen-bond acceptors (Lipinski definition) is 3. The lowest BCUT2D eigenvalue weighted by Gasteiger charge is -2.15. The highest BCUT2D eigenvalue weighted by Crippen LogP contribution is 2.27. The molecule has 3 nitrogen and oxygen atoms in total. The van der Waals surface area contributed by atoms with Crippen molar-refractivity contribution >= 4 is 0 Å². The van der Waals surface area contributed by atoms with Crippen molar-refractivity contribution in [3.8, 4) is 11.8 Å². The van der Waals surface area contributed by atoms with Crippen molar-refractivity contribution in [1.29, 1.82) is 5.26 Å². The molecule has 92 valence electrons. The normalized spacial score (nSPS) is 12.2. The first-order valence-electron chi connectivity index (χ1n) is 5.93. The summed E-state index contributed by atoms with van der Waals surface area (Å²) in [6, 6.07) is 7.77. The van der Waals surface area contributed by atoms with Gasteiger partial charge in [0, 0.05) is 6.42 Å². The van der Waals surface area contributed by atoms with Gasteiger partial charge in [-0.2, -0.15) is 5.26 Å². The van der Waals surface area contributed by atoms with Gasteiger partial charge in [0.25, 0.3) is 0 Å². The van der Waals surface area contributed by atoms with Gasteiger partial charge in [-0.25, -0.2) is 0 Å². The van der Waals surface area contributed by atoms with Gasteiger partial charge in [-0.1, -0.05) is 26.0 Å². The molecule has 0 aliphatic heterocycles. The fourth-order valence-corrected chi connectivity index (χ4v) is 1.60. The van der Waals surface area contributed by atoms with E-state index >= 15 is 0 Å². The summed E-state index contributed by atoms with van der Waals surface area (Å²) in [5.74, 6) is 1.33. The van der Waals surface area contributed by atoms with Gasteiger partial charge in [0.15, 0.2) is 0 Å². The summed E-state index contributed by atoms with van der Waals surface area (Å²) >= 11 is 0. The third-order valence-electron chi connectivity index (χ3n) is 2.64. The number of nitriles is 1. The number of aryl methyl sites for hydroxylation is 1. The second kappa shape index (κ2) is 6.27. The molecule has 0 aliphatic carbocycles. The molecule has 0 heterocycles. The maximum absolute atomic E-state index is 8.59. The fourth-order valence-electron chi connectivity index (χ4n) is 1.60. The first-order valence-corrected chi connectivity index (χ1v) is 5.93. The Balaban J connectivity index is 2.69. The Morgan fingerprint density at radius 2 is 2.12 bits per heavy atom. The van der Waals surface area contributed by atoms with E-state index in [1.165, 1.54) is 11.1 Å². The van der Waals surface area contributed by atoms with Gasteiger partial charge in [0.2, 0.25) is 0 Å². The Bertz CT molecular complexity index is 407. The third kappa shape index (κ3) is 4.08. The average molecular weight is 232 g/mol. The minimum Gasteiger partial charge on any atom is -0.493 e. The summed E-state index contributed by atoms with van der Waals surface area (Å²) in [4.78, 5) is 0. The smallest absolute Gasteiger partial charge is 0.123 e. The van der Waals surface area contributed by atoms with Crippen LogP contribution in [0.3, 0.4) is 0 Å². The van der Waals surface area contributed by atoms with E-state index in [0.717, 1.165) is 5.75 Å². The topological polar surface area (TPSA) is 59.0 Å². The molecule has 1 atom stereocenters. The van der Waals surface area contributed by atoms with Crippen molar-refractivity contribution < 1.29 is 4.74 Å². The Labute approximate surface area is 103 Å². The molecule has 0 aliphatic rings. The zero-order valence-electron chi connectivity index (χ0n) is 10.7. The van der Waals surface area contributed by atoms with Crippen LogP contribution in [0.4, 0.5) is 0 Å². The maximum Gasteiger partial charge on any atom is 0.123 e. The average Bonchev–Trinajstić information content (AvgIpc) is 2.28. The van der Waals surface area contributed by atoms with Gasteiger partial charge in [0.1, 0.15) is 5.75 Å². The molecule has 0 saturated carbocycles. The minimum atomic E-state index is -0.442. The van der Waals surface area contributed by atoms with Crippen LogP contribution in [0.5, 0.6) is 5.75 Å². The Morgan fingerprint density at radius 1 is 1.41 bits per heavy atom. The largest absolute Gasteiger partial charge is 0.493 e. The molecule has 0 aromatic heterocycles. The molecule has 0 bridgehead atoms. The van der Waals surface area contributed by atoms with E-state index in [1.54, 1.807) is 0 Å². The van der Waals surface area contributed by atoms with Crippen LogP contribution in [0.2, 0.25) is 0 Å². The van der Waals surface area contributed by atoms with E-state index in [0.29, 0.717) is 18.9 Å². The second-order valence-electron chi connectivity index (χ2n) is 4.57. The van der Waals surface area contributed by atoms with Crippen LogP contribution in [0.15, 0.2) is 18.2 Å². The highest BCUT2D eigenvalue weighted by atomic mass is 16.5. The van der Waals surface area contributed by atoms with Crippen molar-refractivity contribution in [3.63, 3.8) is 0 Å². The molecule has 17 heavy (non-hydrogen) atoms. The highest BCUT2D eigenvalue weighted by molar-refractivity contribution is 5.39. The summed E-state index contributed by atoms with van der Waals surface area (Å²) in [5.41, 5.74) is 7.89. The zero-order valence-corrected chi connectivity index (χ0v) is 10.7. The van der Waals surface area contributed by atoms with Crippen molar-refractivity contribution in [2.75, 3.05) is 6.61 Å². The zero-order chi connectivity index (χ0) is 12.8. The highest BCUT2D eigenvalue weighted by Gasteiger charge is 2.08. The third-order valence-corrected chi connectivity index (χ3v) is 2.64. The lowest BCUT2D eigenvalue weighted by atomic mass is 10.0. The first kappa shape index (κ1) is 13.5. The predicted octanol–water partition coefficient (Wildman–Crippen LogP) is 2.74.